The van der Waals surface area contributed by atoms with Gasteiger partial charge in [0.25, 0.3) is 0 Å². The zero-order chi connectivity index (χ0) is 21.5. The number of rotatable bonds is 9. The van der Waals surface area contributed by atoms with Crippen molar-refractivity contribution in [2.24, 2.45) is 0 Å². The van der Waals surface area contributed by atoms with Crippen molar-refractivity contribution in [3.8, 4) is 22.1 Å². The molecule has 0 aliphatic heterocycles. The molecule has 0 amide bonds. The van der Waals surface area contributed by atoms with Crippen LogP contribution in [-0.2, 0) is 24.4 Å². The molecular weight excluding hydrogens is 410 g/mol. The quantitative estimate of drug-likeness (QED) is 0.374. The smallest absolute Gasteiger partial charge is 0.307 e. The molecule has 0 spiro atoms. The number of carboxylic acids is 1. The van der Waals surface area contributed by atoms with Crippen molar-refractivity contribution >= 4 is 17.3 Å². The summed E-state index contributed by atoms with van der Waals surface area (Å²) in [6.07, 6.45) is -0.0639. The minimum absolute atomic E-state index is 0.0639. The summed E-state index contributed by atoms with van der Waals surface area (Å²) in [6, 6.07) is 24.9. The lowest BCUT2D eigenvalue weighted by Gasteiger charge is -2.11. The maximum atomic E-state index is 11.0. The zero-order valence-corrected chi connectivity index (χ0v) is 17.5. The van der Waals surface area contributed by atoms with Crippen molar-refractivity contribution in [1.29, 1.82) is 0 Å². The van der Waals surface area contributed by atoms with Crippen LogP contribution in [0.1, 0.15) is 16.8 Å². The lowest BCUT2D eigenvalue weighted by Crippen LogP contribution is -2.04. The Bertz CT molecular complexity index is 1140. The Labute approximate surface area is 184 Å². The average Bonchev–Trinajstić information content (AvgIpc) is 3.27. The zero-order valence-electron chi connectivity index (χ0n) is 16.7. The molecule has 0 saturated heterocycles. The number of aliphatic carboxylic acids is 1. The molecule has 0 radical (unpaired) electrons. The molecule has 4 aromatic rings. The van der Waals surface area contributed by atoms with Gasteiger partial charge in [-0.15, -0.1) is 11.3 Å². The number of nitrogens with zero attached hydrogens (tertiary/aromatic N) is 1. The first-order valence-electron chi connectivity index (χ1n) is 9.81. The Morgan fingerprint density at radius 1 is 0.871 bits per heavy atom. The second-order valence-electron chi connectivity index (χ2n) is 6.91. The van der Waals surface area contributed by atoms with E-state index in [1.54, 1.807) is 23.5 Å². The van der Waals surface area contributed by atoms with E-state index in [4.69, 9.17) is 14.6 Å². The van der Waals surface area contributed by atoms with Crippen molar-refractivity contribution < 1.29 is 19.4 Å². The molecule has 1 heterocycles. The summed E-state index contributed by atoms with van der Waals surface area (Å²) in [5, 5.41) is 12.0. The largest absolute Gasteiger partial charge is 0.489 e. The molecule has 0 aliphatic rings. The Hall–Kier alpha value is -3.64. The van der Waals surface area contributed by atoms with Gasteiger partial charge in [0.05, 0.1) is 12.1 Å². The van der Waals surface area contributed by atoms with Crippen LogP contribution in [0.15, 0.2) is 84.2 Å². The van der Waals surface area contributed by atoms with Gasteiger partial charge in [0.2, 0.25) is 0 Å². The molecule has 1 aromatic heterocycles. The monoisotopic (exact) mass is 431 g/mol. The second-order valence-corrected chi connectivity index (χ2v) is 7.77. The van der Waals surface area contributed by atoms with E-state index < -0.39 is 5.97 Å². The number of hydrogen-bond donors (Lipinski definition) is 1. The first-order valence-corrected chi connectivity index (χ1v) is 10.7. The lowest BCUT2D eigenvalue weighted by atomic mass is 10.1. The molecule has 0 saturated carbocycles. The molecular formula is C25H21NO4S. The highest BCUT2D eigenvalue weighted by Gasteiger charge is 2.08. The summed E-state index contributed by atoms with van der Waals surface area (Å²) in [5.41, 5.74) is 3.63. The van der Waals surface area contributed by atoms with Gasteiger partial charge in [0.1, 0.15) is 29.7 Å². The van der Waals surface area contributed by atoms with E-state index in [1.165, 1.54) is 0 Å². The van der Waals surface area contributed by atoms with Crippen molar-refractivity contribution in [3.05, 3.63) is 101 Å². The fourth-order valence-corrected chi connectivity index (χ4v) is 3.85. The van der Waals surface area contributed by atoms with Gasteiger partial charge in [-0.2, -0.15) is 0 Å². The molecule has 0 fully saturated rings. The van der Waals surface area contributed by atoms with Crippen LogP contribution in [0.3, 0.4) is 0 Å². The minimum atomic E-state index is -0.881. The SMILES string of the molecule is O=C(O)Cc1ccccc1OCc1ccc(OCc2csc(-c3ccccc3)n2)cc1. The van der Waals surface area contributed by atoms with Crippen LogP contribution < -0.4 is 9.47 Å². The van der Waals surface area contributed by atoms with Crippen molar-refractivity contribution in [2.45, 2.75) is 19.6 Å². The maximum absolute atomic E-state index is 11.0. The minimum Gasteiger partial charge on any atom is -0.489 e. The molecule has 6 heteroatoms. The molecule has 0 aliphatic carbocycles. The number of para-hydroxylation sites is 1. The topological polar surface area (TPSA) is 68.7 Å². The summed E-state index contributed by atoms with van der Waals surface area (Å²) in [7, 11) is 0. The Morgan fingerprint density at radius 3 is 2.39 bits per heavy atom. The standard InChI is InChI=1S/C25H21NO4S/c27-24(28)14-20-8-4-5-9-23(20)30-15-18-10-12-22(13-11-18)29-16-21-17-31-25(26-21)19-6-2-1-3-7-19/h1-13,17H,14-16H2,(H,27,28). The van der Waals surface area contributed by atoms with Gasteiger partial charge in [-0.1, -0.05) is 60.7 Å². The Balaban J connectivity index is 1.31. The third kappa shape index (κ3) is 5.71. The number of carbonyl (C=O) groups is 1. The van der Waals surface area contributed by atoms with Gasteiger partial charge >= 0.3 is 5.97 Å². The number of thiazole rings is 1. The number of aromatic nitrogens is 1. The molecule has 0 bridgehead atoms. The maximum Gasteiger partial charge on any atom is 0.307 e. The van der Waals surface area contributed by atoms with Crippen LogP contribution in [0.2, 0.25) is 0 Å². The third-order valence-corrected chi connectivity index (χ3v) is 5.53. The van der Waals surface area contributed by atoms with Gasteiger partial charge in [-0.3, -0.25) is 4.79 Å². The van der Waals surface area contributed by atoms with Crippen LogP contribution in [0.5, 0.6) is 11.5 Å². The molecule has 3 aromatic carbocycles. The van der Waals surface area contributed by atoms with Gasteiger partial charge < -0.3 is 14.6 Å². The van der Waals surface area contributed by atoms with E-state index in [0.717, 1.165) is 27.6 Å². The summed E-state index contributed by atoms with van der Waals surface area (Å²) >= 11 is 1.61. The molecule has 0 atom stereocenters. The lowest BCUT2D eigenvalue weighted by molar-refractivity contribution is -0.136. The van der Waals surface area contributed by atoms with Crippen LogP contribution >= 0.6 is 11.3 Å². The first kappa shape index (κ1) is 20.6. The average molecular weight is 432 g/mol. The van der Waals surface area contributed by atoms with E-state index >= 15 is 0 Å². The fourth-order valence-electron chi connectivity index (χ4n) is 3.04. The van der Waals surface area contributed by atoms with Crippen LogP contribution in [0, 0.1) is 0 Å². The number of benzene rings is 3. The van der Waals surface area contributed by atoms with E-state index in [1.807, 2.05) is 72.1 Å². The van der Waals surface area contributed by atoms with E-state index in [-0.39, 0.29) is 6.42 Å². The molecule has 156 valence electrons. The highest BCUT2D eigenvalue weighted by Crippen LogP contribution is 2.24. The first-order chi connectivity index (χ1) is 15.2. The van der Waals surface area contributed by atoms with Gasteiger partial charge in [0.15, 0.2) is 0 Å². The van der Waals surface area contributed by atoms with Crippen molar-refractivity contribution in [2.75, 3.05) is 0 Å². The molecule has 0 unspecified atom stereocenters. The molecule has 4 rings (SSSR count). The highest BCUT2D eigenvalue weighted by atomic mass is 32.1. The molecule has 1 N–H and O–H groups in total. The normalized spacial score (nSPS) is 10.6. The van der Waals surface area contributed by atoms with Crippen molar-refractivity contribution in [3.63, 3.8) is 0 Å². The molecule has 31 heavy (non-hydrogen) atoms. The summed E-state index contributed by atoms with van der Waals surface area (Å²) in [5.74, 6) is 0.459. The highest BCUT2D eigenvalue weighted by molar-refractivity contribution is 7.13. The van der Waals surface area contributed by atoms with Gasteiger partial charge in [-0.05, 0) is 23.8 Å². The van der Waals surface area contributed by atoms with E-state index in [9.17, 15) is 4.79 Å². The molecule has 5 nitrogen and oxygen atoms in total. The summed E-state index contributed by atoms with van der Waals surface area (Å²) in [6.45, 7) is 0.755. The summed E-state index contributed by atoms with van der Waals surface area (Å²) in [4.78, 5) is 15.6. The number of hydrogen-bond acceptors (Lipinski definition) is 5. The predicted octanol–water partition coefficient (Wildman–Crippen LogP) is 5.60. The second kappa shape index (κ2) is 9.91. The predicted molar refractivity (Wildman–Crippen MR) is 120 cm³/mol. The van der Waals surface area contributed by atoms with Crippen molar-refractivity contribution in [1.82, 2.24) is 4.98 Å². The Kier molecular flexibility index (Phi) is 6.59. The Morgan fingerprint density at radius 2 is 1.61 bits per heavy atom. The fraction of sp³-hybridized carbons (Fsp3) is 0.120. The number of ether oxygens (including phenoxy) is 2. The summed E-state index contributed by atoms with van der Waals surface area (Å²) < 4.78 is 11.7. The van der Waals surface area contributed by atoms with Gasteiger partial charge in [-0.25, -0.2) is 4.98 Å². The van der Waals surface area contributed by atoms with Crippen LogP contribution in [-0.4, -0.2) is 16.1 Å². The van der Waals surface area contributed by atoms with E-state index in [2.05, 4.69) is 4.98 Å². The van der Waals surface area contributed by atoms with Crippen LogP contribution in [0.4, 0.5) is 0 Å². The van der Waals surface area contributed by atoms with Gasteiger partial charge in [0, 0.05) is 16.5 Å². The number of carboxylic acid groups (broad SMARTS) is 1. The third-order valence-electron chi connectivity index (χ3n) is 4.59. The van der Waals surface area contributed by atoms with Crippen LogP contribution in [0.25, 0.3) is 10.6 Å². The van der Waals surface area contributed by atoms with E-state index in [0.29, 0.717) is 24.5 Å².